The average molecular weight is 571 g/mol. The molecule has 10 nitrogen and oxygen atoms in total. The van der Waals surface area contributed by atoms with Crippen LogP contribution in [-0.2, 0) is 32.1 Å². The molecule has 2 heterocycles. The number of hydrogen-bond acceptors (Lipinski definition) is 8. The quantitative estimate of drug-likeness (QED) is 0.296. The van der Waals surface area contributed by atoms with Crippen molar-refractivity contribution < 1.29 is 29.0 Å². The van der Waals surface area contributed by atoms with Crippen LogP contribution < -0.4 is 10.6 Å². The van der Waals surface area contributed by atoms with Gasteiger partial charge < -0.3 is 25.4 Å². The Labute approximate surface area is 235 Å². The van der Waals surface area contributed by atoms with Crippen LogP contribution in [0.3, 0.4) is 0 Å². The van der Waals surface area contributed by atoms with Gasteiger partial charge in [0.05, 0.1) is 17.4 Å². The fourth-order valence-corrected chi connectivity index (χ4v) is 5.98. The Morgan fingerprint density at radius 3 is 2.64 bits per heavy atom. The van der Waals surface area contributed by atoms with Gasteiger partial charge in [0.2, 0.25) is 11.8 Å². The minimum atomic E-state index is -1.22. The van der Waals surface area contributed by atoms with E-state index >= 15 is 0 Å². The number of carboxylic acid groups (broad SMARTS) is 1. The van der Waals surface area contributed by atoms with Gasteiger partial charge in [-0.1, -0.05) is 13.0 Å². The van der Waals surface area contributed by atoms with Gasteiger partial charge in [-0.2, -0.15) is 5.26 Å². The number of nitrogens with zero attached hydrogens (tertiary/aromatic N) is 2. The molecule has 39 heavy (non-hydrogen) atoms. The summed E-state index contributed by atoms with van der Waals surface area (Å²) in [6, 6.07) is 9.10. The molecule has 206 valence electrons. The molecule has 0 fully saturated rings. The Bertz CT molecular complexity index is 1340. The number of carbonyl (C=O) groups excluding carboxylic acids is 3. The third-order valence-corrected chi connectivity index (χ3v) is 7.97. The highest BCUT2D eigenvalue weighted by Crippen LogP contribution is 2.38. The number of nitrogens with one attached hydrogen (secondary N) is 2. The molecule has 1 aromatic carbocycles. The molecule has 0 saturated heterocycles. The van der Waals surface area contributed by atoms with E-state index in [1.165, 1.54) is 23.1 Å². The van der Waals surface area contributed by atoms with Gasteiger partial charge in [-0.3, -0.25) is 9.59 Å². The van der Waals surface area contributed by atoms with Gasteiger partial charge in [-0.05, 0) is 57.4 Å². The van der Waals surface area contributed by atoms with E-state index in [1.807, 2.05) is 6.92 Å². The molecule has 3 N–H and O–H groups in total. The van der Waals surface area contributed by atoms with Crippen LogP contribution in [0.2, 0.25) is 0 Å². The molecular formula is C27H30N4O6S2. The number of thiophene rings is 1. The Hall–Kier alpha value is -3.82. The van der Waals surface area contributed by atoms with E-state index < -0.39 is 28.8 Å². The van der Waals surface area contributed by atoms with E-state index in [1.54, 1.807) is 49.9 Å². The number of hydrogen-bond donors (Lipinski definition) is 3. The van der Waals surface area contributed by atoms with Crippen molar-refractivity contribution in [2.75, 3.05) is 17.2 Å². The summed E-state index contributed by atoms with van der Waals surface area (Å²) in [5, 5.41) is 24.0. The van der Waals surface area contributed by atoms with Gasteiger partial charge in [0.1, 0.15) is 16.7 Å². The van der Waals surface area contributed by atoms with Gasteiger partial charge in [-0.15, -0.1) is 23.1 Å². The fraction of sp³-hybridized carbons (Fsp3) is 0.370. The highest BCUT2D eigenvalue weighted by Gasteiger charge is 2.30. The van der Waals surface area contributed by atoms with Crippen LogP contribution in [0.4, 0.5) is 15.5 Å². The number of ether oxygens (including phenoxy) is 1. The Morgan fingerprint density at radius 1 is 1.26 bits per heavy atom. The summed E-state index contributed by atoms with van der Waals surface area (Å²) in [5.41, 5.74) is 1.12. The van der Waals surface area contributed by atoms with Gasteiger partial charge in [0, 0.05) is 34.2 Å². The first-order chi connectivity index (χ1) is 18.4. The second-order valence-corrected chi connectivity index (χ2v) is 12.0. The summed E-state index contributed by atoms with van der Waals surface area (Å²) in [7, 11) is 0. The SMILES string of the molecule is CCC(Sc1cccc(NC(=O)/C=C/C(=O)O)c1)C(=O)Nc1sc2c(c1C#N)CCN(C(=O)OC(C)(C)C)C2. The van der Waals surface area contributed by atoms with E-state index in [9.17, 15) is 24.4 Å². The van der Waals surface area contributed by atoms with Crippen molar-refractivity contribution in [3.63, 3.8) is 0 Å². The average Bonchev–Trinajstić information content (AvgIpc) is 3.21. The van der Waals surface area contributed by atoms with E-state index in [-0.39, 0.29) is 5.91 Å². The summed E-state index contributed by atoms with van der Waals surface area (Å²) in [6.45, 7) is 8.03. The van der Waals surface area contributed by atoms with Crippen LogP contribution in [0.5, 0.6) is 0 Å². The van der Waals surface area contributed by atoms with E-state index in [4.69, 9.17) is 9.84 Å². The van der Waals surface area contributed by atoms with Crippen molar-refractivity contribution in [1.82, 2.24) is 4.90 Å². The summed E-state index contributed by atoms with van der Waals surface area (Å²) in [6.07, 6.45) is 2.26. The Kier molecular flexibility index (Phi) is 9.77. The molecule has 3 amide bonds. The molecule has 0 spiro atoms. The zero-order valence-corrected chi connectivity index (χ0v) is 23.7. The number of thioether (sulfide) groups is 1. The number of fused-ring (bicyclic) bond motifs is 1. The van der Waals surface area contributed by atoms with Crippen molar-refractivity contribution >= 4 is 57.7 Å². The maximum absolute atomic E-state index is 13.2. The van der Waals surface area contributed by atoms with E-state index in [2.05, 4.69) is 16.7 Å². The van der Waals surface area contributed by atoms with Crippen LogP contribution >= 0.6 is 23.1 Å². The van der Waals surface area contributed by atoms with Crippen LogP contribution in [0, 0.1) is 11.3 Å². The minimum Gasteiger partial charge on any atom is -0.478 e. The highest BCUT2D eigenvalue weighted by molar-refractivity contribution is 8.00. The predicted molar refractivity (Wildman–Crippen MR) is 150 cm³/mol. The van der Waals surface area contributed by atoms with Crippen molar-refractivity contribution in [2.24, 2.45) is 0 Å². The molecule has 0 bridgehead atoms. The summed E-state index contributed by atoms with van der Waals surface area (Å²) >= 11 is 2.61. The molecule has 0 radical (unpaired) electrons. The summed E-state index contributed by atoms with van der Waals surface area (Å²) in [4.78, 5) is 51.4. The van der Waals surface area contributed by atoms with Crippen LogP contribution in [0.15, 0.2) is 41.3 Å². The third kappa shape index (κ3) is 8.33. The number of carbonyl (C=O) groups is 4. The molecule has 1 aromatic heterocycles. The molecule has 12 heteroatoms. The summed E-state index contributed by atoms with van der Waals surface area (Å²) in [5.74, 6) is -2.07. The lowest BCUT2D eigenvalue weighted by Gasteiger charge is -2.29. The molecule has 1 aliphatic heterocycles. The number of anilines is 2. The van der Waals surface area contributed by atoms with Gasteiger partial charge in [-0.25, -0.2) is 9.59 Å². The van der Waals surface area contributed by atoms with Crippen LogP contribution in [0.25, 0.3) is 0 Å². The number of rotatable bonds is 8. The number of aliphatic carboxylic acids is 1. The lowest BCUT2D eigenvalue weighted by Crippen LogP contribution is -2.39. The lowest BCUT2D eigenvalue weighted by molar-refractivity contribution is -0.131. The van der Waals surface area contributed by atoms with Gasteiger partial charge in [0.15, 0.2) is 0 Å². The molecule has 3 rings (SSSR count). The zero-order valence-electron chi connectivity index (χ0n) is 22.1. The fourth-order valence-electron chi connectivity index (χ4n) is 3.75. The van der Waals surface area contributed by atoms with Crippen molar-refractivity contribution in [3.05, 3.63) is 52.4 Å². The topological polar surface area (TPSA) is 149 Å². The maximum Gasteiger partial charge on any atom is 0.410 e. The second kappa shape index (κ2) is 12.8. The third-order valence-electron chi connectivity index (χ3n) is 5.48. The maximum atomic E-state index is 13.2. The monoisotopic (exact) mass is 570 g/mol. The van der Waals surface area contributed by atoms with E-state index in [0.717, 1.165) is 27.5 Å². The molecule has 1 atom stereocenters. The first-order valence-electron chi connectivity index (χ1n) is 12.2. The van der Waals surface area contributed by atoms with Crippen molar-refractivity contribution in [3.8, 4) is 6.07 Å². The van der Waals surface area contributed by atoms with Crippen LogP contribution in [0.1, 0.15) is 50.1 Å². The number of amides is 3. The Balaban J connectivity index is 1.70. The first kappa shape index (κ1) is 29.7. The molecule has 0 aliphatic carbocycles. The van der Waals surface area contributed by atoms with Crippen molar-refractivity contribution in [2.45, 2.75) is 62.8 Å². The van der Waals surface area contributed by atoms with Gasteiger partial charge >= 0.3 is 12.1 Å². The number of carboxylic acids is 1. The first-order valence-corrected chi connectivity index (χ1v) is 13.9. The van der Waals surface area contributed by atoms with Crippen molar-refractivity contribution in [1.29, 1.82) is 5.26 Å². The standard InChI is InChI=1S/C27H30N4O6S2/c1-5-20(38-17-8-6-7-16(13-17)29-22(32)9-10-23(33)34)24(35)30-25-19(14-28)18-11-12-31(15-21(18)39-25)26(36)37-27(2,3)4/h6-10,13,20H,5,11-12,15H2,1-4H3,(H,29,32)(H,30,35)(H,33,34)/b10-9+. The van der Waals surface area contributed by atoms with Gasteiger partial charge in [0.25, 0.3) is 0 Å². The molecule has 1 aliphatic rings. The molecule has 1 unspecified atom stereocenters. The normalized spacial score (nSPS) is 13.8. The number of nitriles is 1. The number of benzene rings is 1. The molecule has 0 saturated carbocycles. The zero-order chi connectivity index (χ0) is 28.7. The minimum absolute atomic E-state index is 0.263. The second-order valence-electron chi connectivity index (χ2n) is 9.66. The highest BCUT2D eigenvalue weighted by atomic mass is 32.2. The molecular weight excluding hydrogens is 540 g/mol. The summed E-state index contributed by atoms with van der Waals surface area (Å²) < 4.78 is 5.48. The van der Waals surface area contributed by atoms with E-state index in [0.29, 0.717) is 42.2 Å². The van der Waals surface area contributed by atoms with Crippen LogP contribution in [-0.4, -0.2) is 51.3 Å². The Morgan fingerprint density at radius 2 is 2.00 bits per heavy atom. The smallest absolute Gasteiger partial charge is 0.410 e. The largest absolute Gasteiger partial charge is 0.478 e. The predicted octanol–water partition coefficient (Wildman–Crippen LogP) is 5.00. The lowest BCUT2D eigenvalue weighted by atomic mass is 10.0. The molecule has 2 aromatic rings.